The van der Waals surface area contributed by atoms with E-state index in [-0.39, 0.29) is 11.7 Å². The number of halogens is 1. The summed E-state index contributed by atoms with van der Waals surface area (Å²) in [6, 6.07) is 14.3. The predicted octanol–water partition coefficient (Wildman–Crippen LogP) is 4.96. The summed E-state index contributed by atoms with van der Waals surface area (Å²) in [5.74, 6) is 0.400. The topological polar surface area (TPSA) is 86.1 Å². The number of hydrogen-bond acceptors (Lipinski definition) is 6. The van der Waals surface area contributed by atoms with Crippen molar-refractivity contribution in [2.45, 2.75) is 37.2 Å². The Labute approximate surface area is 196 Å². The van der Waals surface area contributed by atoms with Crippen molar-refractivity contribution >= 4 is 40.7 Å². The molecular weight excluding hydrogens is 448 g/mol. The number of ether oxygens (including phenoxy) is 1. The number of thioether (sulfide) groups is 1. The third-order valence-electron chi connectivity index (χ3n) is 4.75. The first-order valence-electron chi connectivity index (χ1n) is 10.2. The monoisotopic (exact) mass is 472 g/mol. The van der Waals surface area contributed by atoms with E-state index in [1.165, 1.54) is 18.7 Å². The molecule has 2 aromatic carbocycles. The van der Waals surface area contributed by atoms with Gasteiger partial charge in [0, 0.05) is 37.1 Å². The van der Waals surface area contributed by atoms with Gasteiger partial charge < -0.3 is 14.6 Å². The molecule has 0 radical (unpaired) electrons. The second kappa shape index (κ2) is 11.3. The fraction of sp³-hybridized carbons (Fsp3) is 0.304. The summed E-state index contributed by atoms with van der Waals surface area (Å²) in [6.07, 6.45) is 0.762. The predicted molar refractivity (Wildman–Crippen MR) is 127 cm³/mol. The summed E-state index contributed by atoms with van der Waals surface area (Å²) < 4.78 is 7.15. The van der Waals surface area contributed by atoms with E-state index in [4.69, 9.17) is 16.3 Å². The molecule has 168 valence electrons. The van der Waals surface area contributed by atoms with Gasteiger partial charge in [0.15, 0.2) is 16.8 Å². The van der Waals surface area contributed by atoms with E-state index in [1.54, 1.807) is 38.3 Å². The number of rotatable bonds is 10. The fourth-order valence-electron chi connectivity index (χ4n) is 3.06. The Morgan fingerprint density at radius 1 is 1.19 bits per heavy atom. The van der Waals surface area contributed by atoms with Gasteiger partial charge in [-0.1, -0.05) is 47.6 Å². The standard InChI is InChI=1S/C23H25ClN4O3S/c1-15(29)17-8-6-9-18(14-17)25-22(30)16(2)32-23-27-26-21(28(23)12-7-13-31-3)19-10-4-5-11-20(19)24/h4-6,8-11,14,16H,7,12-13H2,1-3H3,(H,25,30)/t16-/m1/s1. The summed E-state index contributed by atoms with van der Waals surface area (Å²) in [5.41, 5.74) is 1.91. The maximum Gasteiger partial charge on any atom is 0.237 e. The van der Waals surface area contributed by atoms with E-state index in [2.05, 4.69) is 15.5 Å². The average Bonchev–Trinajstić information content (AvgIpc) is 3.16. The molecular formula is C23H25ClN4O3S. The number of anilines is 1. The Morgan fingerprint density at radius 2 is 1.97 bits per heavy atom. The molecule has 0 saturated carbocycles. The van der Waals surface area contributed by atoms with Crippen molar-refractivity contribution in [1.82, 2.24) is 14.8 Å². The number of carbonyl (C=O) groups excluding carboxylic acids is 2. The average molecular weight is 473 g/mol. The molecule has 1 amide bonds. The first kappa shape index (κ1) is 24.0. The van der Waals surface area contributed by atoms with Gasteiger partial charge in [-0.05, 0) is 44.5 Å². The van der Waals surface area contributed by atoms with Gasteiger partial charge in [-0.25, -0.2) is 0 Å². The van der Waals surface area contributed by atoms with Crippen LogP contribution in [0.2, 0.25) is 5.02 Å². The van der Waals surface area contributed by atoms with Crippen molar-refractivity contribution < 1.29 is 14.3 Å². The lowest BCUT2D eigenvalue weighted by Gasteiger charge is -2.14. The number of Topliss-reactive ketones (excluding diaryl/α,β-unsaturated/α-hetero) is 1. The molecule has 1 N–H and O–H groups in total. The van der Waals surface area contributed by atoms with Crippen LogP contribution >= 0.6 is 23.4 Å². The van der Waals surface area contributed by atoms with E-state index < -0.39 is 5.25 Å². The van der Waals surface area contributed by atoms with Crippen molar-refractivity contribution in [3.8, 4) is 11.4 Å². The number of aromatic nitrogens is 3. The molecule has 0 saturated heterocycles. The highest BCUT2D eigenvalue weighted by atomic mass is 35.5. The summed E-state index contributed by atoms with van der Waals surface area (Å²) in [6.45, 7) is 4.51. The zero-order valence-corrected chi connectivity index (χ0v) is 19.7. The lowest BCUT2D eigenvalue weighted by Crippen LogP contribution is -2.23. The number of nitrogens with zero attached hydrogens (tertiary/aromatic N) is 3. The number of nitrogens with one attached hydrogen (secondary N) is 1. The van der Waals surface area contributed by atoms with Gasteiger partial charge in [0.25, 0.3) is 0 Å². The van der Waals surface area contributed by atoms with Crippen LogP contribution in [-0.2, 0) is 16.1 Å². The summed E-state index contributed by atoms with van der Waals surface area (Å²) in [5, 5.41) is 12.3. The number of hydrogen-bond donors (Lipinski definition) is 1. The molecule has 9 heteroatoms. The molecule has 0 unspecified atom stereocenters. The second-order valence-corrected chi connectivity index (χ2v) is 8.89. The van der Waals surface area contributed by atoms with Gasteiger partial charge in [0.2, 0.25) is 5.91 Å². The number of ketones is 1. The molecule has 0 aliphatic carbocycles. The molecule has 3 rings (SSSR count). The smallest absolute Gasteiger partial charge is 0.237 e. The highest BCUT2D eigenvalue weighted by molar-refractivity contribution is 8.00. The van der Waals surface area contributed by atoms with Crippen LogP contribution in [0.1, 0.15) is 30.6 Å². The lowest BCUT2D eigenvalue weighted by molar-refractivity contribution is -0.115. The van der Waals surface area contributed by atoms with E-state index in [0.29, 0.717) is 40.4 Å². The largest absolute Gasteiger partial charge is 0.385 e. The zero-order chi connectivity index (χ0) is 23.1. The molecule has 0 fully saturated rings. The Kier molecular flexibility index (Phi) is 8.44. The molecule has 1 atom stereocenters. The highest BCUT2D eigenvalue weighted by Crippen LogP contribution is 2.31. The maximum absolute atomic E-state index is 12.8. The van der Waals surface area contributed by atoms with Crippen LogP contribution in [0.5, 0.6) is 0 Å². The first-order valence-corrected chi connectivity index (χ1v) is 11.4. The molecule has 1 heterocycles. The number of carbonyl (C=O) groups is 2. The molecule has 0 bridgehead atoms. The second-order valence-electron chi connectivity index (χ2n) is 7.17. The van der Waals surface area contributed by atoms with Crippen LogP contribution in [0.3, 0.4) is 0 Å². The third kappa shape index (κ3) is 5.97. The van der Waals surface area contributed by atoms with E-state index in [1.807, 2.05) is 28.8 Å². The van der Waals surface area contributed by atoms with Crippen LogP contribution < -0.4 is 5.32 Å². The van der Waals surface area contributed by atoms with Crippen molar-refractivity contribution in [1.29, 1.82) is 0 Å². The SMILES string of the molecule is COCCCn1c(S[C@H](C)C(=O)Nc2cccc(C(C)=O)c2)nnc1-c1ccccc1Cl. The normalized spacial score (nSPS) is 11.9. The van der Waals surface area contributed by atoms with Crippen LogP contribution in [0.25, 0.3) is 11.4 Å². The van der Waals surface area contributed by atoms with Crippen LogP contribution in [0.4, 0.5) is 5.69 Å². The maximum atomic E-state index is 12.8. The van der Waals surface area contributed by atoms with Gasteiger partial charge in [-0.2, -0.15) is 0 Å². The molecule has 0 spiro atoms. The summed E-state index contributed by atoms with van der Waals surface area (Å²) in [7, 11) is 1.66. The Morgan fingerprint density at radius 3 is 2.69 bits per heavy atom. The Balaban J connectivity index is 1.79. The van der Waals surface area contributed by atoms with Crippen LogP contribution in [0.15, 0.2) is 53.7 Å². The summed E-state index contributed by atoms with van der Waals surface area (Å²) in [4.78, 5) is 24.4. The quantitative estimate of drug-likeness (QED) is 0.255. The molecule has 3 aromatic rings. The Hall–Kier alpha value is -2.68. The van der Waals surface area contributed by atoms with Crippen LogP contribution in [0, 0.1) is 0 Å². The van der Waals surface area contributed by atoms with Crippen LogP contribution in [-0.4, -0.2) is 45.4 Å². The van der Waals surface area contributed by atoms with E-state index in [9.17, 15) is 9.59 Å². The number of amides is 1. The van der Waals surface area contributed by atoms with E-state index >= 15 is 0 Å². The van der Waals surface area contributed by atoms with E-state index in [0.717, 1.165) is 12.0 Å². The lowest BCUT2D eigenvalue weighted by atomic mass is 10.1. The van der Waals surface area contributed by atoms with Gasteiger partial charge in [0.05, 0.1) is 10.3 Å². The number of methoxy groups -OCH3 is 1. The van der Waals surface area contributed by atoms with Gasteiger partial charge in [0.1, 0.15) is 0 Å². The van der Waals surface area contributed by atoms with Gasteiger partial charge in [-0.3, -0.25) is 9.59 Å². The molecule has 1 aromatic heterocycles. The van der Waals surface area contributed by atoms with Crippen molar-refractivity contribution in [3.05, 3.63) is 59.1 Å². The van der Waals surface area contributed by atoms with Crippen molar-refractivity contribution in [2.24, 2.45) is 0 Å². The van der Waals surface area contributed by atoms with Gasteiger partial charge in [-0.15, -0.1) is 10.2 Å². The minimum Gasteiger partial charge on any atom is -0.385 e. The summed E-state index contributed by atoms with van der Waals surface area (Å²) >= 11 is 7.70. The molecule has 0 aliphatic heterocycles. The minimum absolute atomic E-state index is 0.0558. The van der Waals surface area contributed by atoms with Crippen molar-refractivity contribution in [2.75, 3.05) is 19.0 Å². The van der Waals surface area contributed by atoms with Crippen molar-refractivity contribution in [3.63, 3.8) is 0 Å². The Bertz CT molecular complexity index is 1100. The number of benzene rings is 2. The molecule has 0 aliphatic rings. The fourth-order valence-corrected chi connectivity index (χ4v) is 4.15. The zero-order valence-electron chi connectivity index (χ0n) is 18.2. The minimum atomic E-state index is -0.444. The molecule has 32 heavy (non-hydrogen) atoms. The third-order valence-corrected chi connectivity index (χ3v) is 6.16. The molecule has 7 nitrogen and oxygen atoms in total. The van der Waals surface area contributed by atoms with Gasteiger partial charge >= 0.3 is 0 Å². The highest BCUT2D eigenvalue weighted by Gasteiger charge is 2.22. The first-order chi connectivity index (χ1) is 15.4.